The second kappa shape index (κ2) is 20.1. The van der Waals surface area contributed by atoms with Crippen LogP contribution in [0.15, 0.2) is 104 Å². The number of halogens is 1. The summed E-state index contributed by atoms with van der Waals surface area (Å²) < 4.78 is 2.12. The van der Waals surface area contributed by atoms with E-state index in [2.05, 4.69) is 78.0 Å². The van der Waals surface area contributed by atoms with Crippen molar-refractivity contribution in [3.8, 4) is 0 Å². The summed E-state index contributed by atoms with van der Waals surface area (Å²) >= 11 is 6.69. The predicted molar refractivity (Wildman–Crippen MR) is 175 cm³/mol. The molecule has 0 radical (unpaired) electrons. The number of nitrogens with zero attached hydrogens (tertiary/aromatic N) is 2. The molecular weight excluding hydrogens is 560 g/mol. The first kappa shape index (κ1) is 35.3. The van der Waals surface area contributed by atoms with Crippen LogP contribution in [-0.2, 0) is 15.1 Å². The van der Waals surface area contributed by atoms with Crippen LogP contribution in [0.25, 0.3) is 0 Å². The number of hydrogen-bond acceptors (Lipinski definition) is 3. The van der Waals surface area contributed by atoms with E-state index in [4.69, 9.17) is 21.8 Å². The number of benzene rings is 3. The summed E-state index contributed by atoms with van der Waals surface area (Å²) in [5.74, 6) is -1.48. The number of carboxylic acid groups (broad SMARTS) is 2. The van der Waals surface area contributed by atoms with E-state index in [9.17, 15) is 9.59 Å². The summed E-state index contributed by atoms with van der Waals surface area (Å²) in [6.07, 6.45) is 14.1. The van der Waals surface area contributed by atoms with Crippen LogP contribution < -0.4 is 0 Å². The Kier molecular flexibility index (Phi) is 16.5. The molecule has 0 atom stereocenters. The zero-order valence-electron chi connectivity index (χ0n) is 25.4. The van der Waals surface area contributed by atoms with Gasteiger partial charge in [-0.25, -0.2) is 4.98 Å². The molecule has 3 aromatic carbocycles. The monoisotopic (exact) mass is 604 g/mol. The molecule has 0 unspecified atom stereocenters. The minimum absolute atomic E-state index is 0.245. The largest absolute Gasteiger partial charge is 0.481 e. The Morgan fingerprint density at radius 2 is 1.14 bits per heavy atom. The Labute approximate surface area is 261 Å². The molecule has 0 saturated heterocycles. The molecule has 0 aliphatic carbocycles. The summed E-state index contributed by atoms with van der Waals surface area (Å²) in [5.41, 5.74) is 2.70. The van der Waals surface area contributed by atoms with E-state index in [0.717, 1.165) is 60.2 Å². The van der Waals surface area contributed by atoms with E-state index < -0.39 is 17.5 Å². The summed E-state index contributed by atoms with van der Waals surface area (Å²) in [4.78, 5) is 24.6. The maximum Gasteiger partial charge on any atom is 0.303 e. The van der Waals surface area contributed by atoms with Gasteiger partial charge >= 0.3 is 11.9 Å². The van der Waals surface area contributed by atoms with Gasteiger partial charge in [-0.05, 0) is 30.0 Å². The molecular formula is C36H45ClN2O4. The molecule has 43 heavy (non-hydrogen) atoms. The van der Waals surface area contributed by atoms with Crippen LogP contribution in [0.3, 0.4) is 0 Å². The molecule has 1 aromatic heterocycles. The predicted octanol–water partition coefficient (Wildman–Crippen LogP) is 9.46. The molecule has 0 amide bonds. The molecule has 0 bridgehead atoms. The van der Waals surface area contributed by atoms with Crippen LogP contribution in [0.2, 0.25) is 5.02 Å². The fourth-order valence-corrected chi connectivity index (χ4v) is 5.02. The molecule has 7 heteroatoms. The number of unbranched alkanes of at least 4 members (excludes halogenated alkanes) is 6. The van der Waals surface area contributed by atoms with E-state index in [1.165, 1.54) is 12.8 Å². The van der Waals surface area contributed by atoms with Gasteiger partial charge in [0, 0.05) is 35.8 Å². The summed E-state index contributed by atoms with van der Waals surface area (Å²) in [6.45, 7) is 4.36. The Morgan fingerprint density at radius 1 is 0.698 bits per heavy atom. The van der Waals surface area contributed by atoms with Crippen molar-refractivity contribution >= 4 is 23.5 Å². The average molecular weight is 605 g/mol. The van der Waals surface area contributed by atoms with Crippen molar-refractivity contribution in [2.24, 2.45) is 0 Å². The van der Waals surface area contributed by atoms with Crippen LogP contribution in [0, 0.1) is 0 Å². The van der Waals surface area contributed by atoms with Crippen molar-refractivity contribution in [1.82, 2.24) is 9.55 Å². The van der Waals surface area contributed by atoms with E-state index in [1.54, 1.807) is 6.20 Å². The quantitative estimate of drug-likeness (QED) is 0.110. The standard InChI is InChI=1S/C22H17ClN2.C10H18O4.C4H10/c23-21-14-8-7-13-20(21)22(25-16-15-24-17-25,18-9-3-1-4-10-18)19-11-5-2-6-12-19;11-9(12)7-5-3-1-2-4-6-8-10(13)14;1-3-4-2/h1-17H;1-8H2,(H,11,12)(H,13,14);3-4H2,1-2H3. The number of imidazole rings is 1. The molecule has 1 heterocycles. The summed E-state index contributed by atoms with van der Waals surface area (Å²) in [5, 5.41) is 17.4. The lowest BCUT2D eigenvalue weighted by atomic mass is 9.76. The highest BCUT2D eigenvalue weighted by Gasteiger charge is 2.39. The Morgan fingerprint density at radius 3 is 1.53 bits per heavy atom. The number of carboxylic acids is 2. The van der Waals surface area contributed by atoms with Crippen molar-refractivity contribution < 1.29 is 19.8 Å². The van der Waals surface area contributed by atoms with Gasteiger partial charge in [0.2, 0.25) is 0 Å². The van der Waals surface area contributed by atoms with Crippen LogP contribution in [0.4, 0.5) is 0 Å². The zero-order valence-corrected chi connectivity index (χ0v) is 26.1. The summed E-state index contributed by atoms with van der Waals surface area (Å²) in [7, 11) is 0. The van der Waals surface area contributed by atoms with Crippen molar-refractivity contribution in [2.45, 2.75) is 83.6 Å². The molecule has 230 valence electrons. The maximum absolute atomic E-state index is 10.1. The van der Waals surface area contributed by atoms with Crippen LogP contribution in [-0.4, -0.2) is 31.7 Å². The van der Waals surface area contributed by atoms with Gasteiger partial charge in [0.15, 0.2) is 0 Å². The molecule has 0 aliphatic heterocycles. The Hall–Kier alpha value is -3.90. The lowest BCUT2D eigenvalue weighted by molar-refractivity contribution is -0.138. The zero-order chi connectivity index (χ0) is 31.3. The number of hydrogen-bond donors (Lipinski definition) is 2. The van der Waals surface area contributed by atoms with Crippen molar-refractivity contribution in [3.05, 3.63) is 125 Å². The van der Waals surface area contributed by atoms with Gasteiger partial charge in [-0.3, -0.25) is 9.59 Å². The molecule has 6 nitrogen and oxygen atoms in total. The fraction of sp³-hybridized carbons (Fsp3) is 0.361. The first-order chi connectivity index (χ1) is 20.9. The molecule has 4 aromatic rings. The highest BCUT2D eigenvalue weighted by molar-refractivity contribution is 6.31. The van der Waals surface area contributed by atoms with Gasteiger partial charge in [0.25, 0.3) is 0 Å². The van der Waals surface area contributed by atoms with Crippen molar-refractivity contribution in [2.75, 3.05) is 0 Å². The molecule has 0 spiro atoms. The number of rotatable bonds is 14. The number of carbonyl (C=O) groups is 2. The average Bonchev–Trinajstić information content (AvgIpc) is 3.56. The third-order valence-electron chi connectivity index (χ3n) is 7.07. The van der Waals surface area contributed by atoms with Crippen LogP contribution >= 0.6 is 11.6 Å². The Balaban J connectivity index is 0.000000305. The van der Waals surface area contributed by atoms with Gasteiger partial charge in [0.05, 0.1) is 6.33 Å². The molecule has 0 fully saturated rings. The highest BCUT2D eigenvalue weighted by atomic mass is 35.5. The van der Waals surface area contributed by atoms with Gasteiger partial charge in [-0.1, -0.05) is 143 Å². The lowest BCUT2D eigenvalue weighted by Crippen LogP contribution is -2.37. The minimum atomic E-state index is -0.740. The second-order valence-electron chi connectivity index (χ2n) is 10.3. The molecule has 0 saturated carbocycles. The molecule has 4 rings (SSSR count). The first-order valence-corrected chi connectivity index (χ1v) is 15.5. The lowest BCUT2D eigenvalue weighted by Gasteiger charge is -2.37. The molecule has 0 aliphatic rings. The van der Waals surface area contributed by atoms with Crippen LogP contribution in [0.5, 0.6) is 0 Å². The Bertz CT molecular complexity index is 1250. The maximum atomic E-state index is 10.1. The second-order valence-corrected chi connectivity index (χ2v) is 10.7. The van der Waals surface area contributed by atoms with Gasteiger partial charge < -0.3 is 14.8 Å². The first-order valence-electron chi connectivity index (χ1n) is 15.2. The third-order valence-corrected chi connectivity index (χ3v) is 7.40. The molecule has 2 N–H and O–H groups in total. The van der Waals surface area contributed by atoms with Crippen molar-refractivity contribution in [3.63, 3.8) is 0 Å². The third kappa shape index (κ3) is 11.4. The summed E-state index contributed by atoms with van der Waals surface area (Å²) in [6, 6.07) is 28.8. The van der Waals surface area contributed by atoms with Gasteiger partial charge in [0.1, 0.15) is 5.54 Å². The topological polar surface area (TPSA) is 92.4 Å². The smallest absolute Gasteiger partial charge is 0.303 e. The van der Waals surface area contributed by atoms with Crippen molar-refractivity contribution in [1.29, 1.82) is 0 Å². The highest BCUT2D eigenvalue weighted by Crippen LogP contribution is 2.43. The van der Waals surface area contributed by atoms with Crippen LogP contribution in [0.1, 0.15) is 94.7 Å². The van der Waals surface area contributed by atoms with E-state index in [-0.39, 0.29) is 12.8 Å². The van der Waals surface area contributed by atoms with E-state index >= 15 is 0 Å². The van der Waals surface area contributed by atoms with Gasteiger partial charge in [-0.15, -0.1) is 0 Å². The number of aliphatic carboxylic acids is 2. The van der Waals surface area contributed by atoms with E-state index in [1.807, 2.05) is 42.9 Å². The fourth-order valence-electron chi connectivity index (χ4n) is 4.75. The van der Waals surface area contributed by atoms with E-state index in [0.29, 0.717) is 0 Å². The number of aromatic nitrogens is 2. The normalized spacial score (nSPS) is 10.6. The minimum Gasteiger partial charge on any atom is -0.481 e. The SMILES string of the molecule is CCCC.Clc1ccccc1C(c1ccccc1)(c1ccccc1)n1ccnc1.O=C(O)CCCCCCCCC(=O)O. The van der Waals surface area contributed by atoms with Gasteiger partial charge in [-0.2, -0.15) is 0 Å².